The van der Waals surface area contributed by atoms with E-state index in [9.17, 15) is 4.79 Å². The summed E-state index contributed by atoms with van der Waals surface area (Å²) in [7, 11) is 0. The second-order valence-electron chi connectivity index (χ2n) is 7.14. The van der Waals surface area contributed by atoms with Crippen LogP contribution in [0.1, 0.15) is 41.0 Å². The van der Waals surface area contributed by atoms with Crippen molar-refractivity contribution in [2.45, 2.75) is 39.2 Å². The first-order valence-electron chi connectivity index (χ1n) is 8.81. The molecular formula is C19H28N2O3. The van der Waals surface area contributed by atoms with E-state index >= 15 is 0 Å². The Labute approximate surface area is 144 Å². The van der Waals surface area contributed by atoms with Gasteiger partial charge in [0.25, 0.3) is 5.91 Å². The summed E-state index contributed by atoms with van der Waals surface area (Å²) in [5, 5.41) is 0. The summed E-state index contributed by atoms with van der Waals surface area (Å²) in [4.78, 5) is 18.2. The number of aryl methyl sites for hydroxylation is 2. The largest absolute Gasteiger partial charge is 0.377 e. The van der Waals surface area contributed by atoms with Crippen molar-refractivity contribution in [2.24, 2.45) is 5.41 Å². The molecule has 1 aromatic heterocycles. The number of piperidine rings is 1. The molecule has 5 heteroatoms. The molecule has 0 bridgehead atoms. The van der Waals surface area contributed by atoms with Crippen molar-refractivity contribution in [1.82, 2.24) is 9.88 Å². The summed E-state index contributed by atoms with van der Waals surface area (Å²) >= 11 is 0. The number of likely N-dealkylation sites (tertiary alicyclic amines) is 1. The van der Waals surface area contributed by atoms with Crippen LogP contribution in [0.4, 0.5) is 0 Å². The first kappa shape index (κ1) is 17.2. The van der Waals surface area contributed by atoms with Gasteiger partial charge in [0.1, 0.15) is 0 Å². The summed E-state index contributed by atoms with van der Waals surface area (Å²) in [5.74, 6) is 0.115. The average molecular weight is 332 g/mol. The minimum Gasteiger partial charge on any atom is -0.377 e. The molecule has 3 rings (SSSR count). The smallest absolute Gasteiger partial charge is 0.255 e. The molecule has 0 unspecified atom stereocenters. The topological polar surface area (TPSA) is 54.6 Å². The van der Waals surface area contributed by atoms with Gasteiger partial charge in [-0.3, -0.25) is 4.79 Å². The summed E-state index contributed by atoms with van der Waals surface area (Å²) < 4.78 is 11.8. The molecule has 1 amide bonds. The zero-order valence-electron chi connectivity index (χ0n) is 14.8. The number of rotatable bonds is 5. The molecule has 2 atom stereocenters. The molecule has 2 saturated heterocycles. The van der Waals surface area contributed by atoms with Gasteiger partial charge in [0, 0.05) is 36.5 Å². The van der Waals surface area contributed by atoms with Crippen molar-refractivity contribution < 1.29 is 14.3 Å². The Hall–Kier alpha value is -1.59. The van der Waals surface area contributed by atoms with E-state index in [0.717, 1.165) is 49.4 Å². The maximum absolute atomic E-state index is 13.0. The Morgan fingerprint density at radius 2 is 2.42 bits per heavy atom. The zero-order valence-corrected chi connectivity index (χ0v) is 14.8. The highest BCUT2D eigenvalue weighted by Gasteiger charge is 2.47. The number of nitrogens with zero attached hydrogens (tertiary/aromatic N) is 1. The van der Waals surface area contributed by atoms with Gasteiger partial charge in [-0.25, -0.2) is 0 Å². The monoisotopic (exact) mass is 332 g/mol. The van der Waals surface area contributed by atoms with Crippen LogP contribution in [0.15, 0.2) is 18.7 Å². The van der Waals surface area contributed by atoms with Crippen LogP contribution in [0.25, 0.3) is 0 Å². The maximum Gasteiger partial charge on any atom is 0.255 e. The molecule has 0 aliphatic carbocycles. The fourth-order valence-electron chi connectivity index (χ4n) is 4.14. The van der Waals surface area contributed by atoms with E-state index < -0.39 is 0 Å². The SMILES string of the molecule is C=CCOC[C@@]12CCCO[C@H]1CCN(C(=O)c1cc(C)[nH]c1C)C2. The third kappa shape index (κ3) is 3.28. The van der Waals surface area contributed by atoms with Crippen LogP contribution < -0.4 is 0 Å². The van der Waals surface area contributed by atoms with Crippen LogP contribution in [0.2, 0.25) is 0 Å². The molecule has 2 fully saturated rings. The number of aromatic amines is 1. The number of hydrogen-bond donors (Lipinski definition) is 1. The molecule has 3 heterocycles. The Bertz CT molecular complexity index is 610. The van der Waals surface area contributed by atoms with Gasteiger partial charge in [0.2, 0.25) is 0 Å². The van der Waals surface area contributed by atoms with E-state index in [0.29, 0.717) is 19.8 Å². The maximum atomic E-state index is 13.0. The Balaban J connectivity index is 1.77. The number of carbonyl (C=O) groups is 1. The molecule has 2 aliphatic rings. The van der Waals surface area contributed by atoms with Gasteiger partial charge >= 0.3 is 0 Å². The fourth-order valence-corrected chi connectivity index (χ4v) is 4.14. The van der Waals surface area contributed by atoms with Gasteiger partial charge in [-0.15, -0.1) is 6.58 Å². The van der Waals surface area contributed by atoms with Crippen molar-refractivity contribution in [2.75, 3.05) is 32.9 Å². The number of aromatic nitrogens is 1. The number of hydrogen-bond acceptors (Lipinski definition) is 3. The normalized spacial score (nSPS) is 26.9. The van der Waals surface area contributed by atoms with Crippen LogP contribution in [0, 0.1) is 19.3 Å². The van der Waals surface area contributed by atoms with E-state index in [1.54, 1.807) is 6.08 Å². The van der Waals surface area contributed by atoms with Gasteiger partial charge in [-0.1, -0.05) is 6.08 Å². The molecule has 0 aromatic carbocycles. The summed E-state index contributed by atoms with van der Waals surface area (Å²) in [6, 6.07) is 1.95. The van der Waals surface area contributed by atoms with Gasteiger partial charge in [-0.05, 0) is 39.2 Å². The van der Waals surface area contributed by atoms with Crippen molar-refractivity contribution in [3.8, 4) is 0 Å². The Morgan fingerprint density at radius 1 is 1.58 bits per heavy atom. The van der Waals surface area contributed by atoms with Crippen molar-refractivity contribution in [3.05, 3.63) is 35.7 Å². The molecule has 5 nitrogen and oxygen atoms in total. The summed E-state index contributed by atoms with van der Waals surface area (Å²) in [6.07, 6.45) is 4.91. The predicted molar refractivity (Wildman–Crippen MR) is 93.2 cm³/mol. The number of nitrogens with one attached hydrogen (secondary N) is 1. The minimum absolute atomic E-state index is 0.0889. The molecular weight excluding hydrogens is 304 g/mol. The number of H-pyrrole nitrogens is 1. The van der Waals surface area contributed by atoms with E-state index in [2.05, 4.69) is 11.6 Å². The van der Waals surface area contributed by atoms with E-state index in [1.165, 1.54) is 0 Å². The highest BCUT2D eigenvalue weighted by molar-refractivity contribution is 5.95. The summed E-state index contributed by atoms with van der Waals surface area (Å²) in [5.41, 5.74) is 2.66. The number of carbonyl (C=O) groups excluding carboxylic acids is 1. The van der Waals surface area contributed by atoms with Crippen LogP contribution in [0.3, 0.4) is 0 Å². The predicted octanol–water partition coefficient (Wildman–Crippen LogP) is 2.85. The molecule has 132 valence electrons. The second-order valence-corrected chi connectivity index (χ2v) is 7.14. The number of amides is 1. The van der Waals surface area contributed by atoms with Gasteiger partial charge in [0.15, 0.2) is 0 Å². The van der Waals surface area contributed by atoms with Crippen LogP contribution in [-0.2, 0) is 9.47 Å². The zero-order chi connectivity index (χ0) is 17.2. The van der Waals surface area contributed by atoms with Gasteiger partial charge in [-0.2, -0.15) is 0 Å². The second kappa shape index (κ2) is 7.11. The number of fused-ring (bicyclic) bond motifs is 1. The van der Waals surface area contributed by atoms with Crippen molar-refractivity contribution in [3.63, 3.8) is 0 Å². The van der Waals surface area contributed by atoms with E-state index in [1.807, 2.05) is 24.8 Å². The lowest BCUT2D eigenvalue weighted by Crippen LogP contribution is -2.58. The first-order chi connectivity index (χ1) is 11.6. The molecule has 1 N–H and O–H groups in total. The Kier molecular flexibility index (Phi) is 5.11. The van der Waals surface area contributed by atoms with Crippen LogP contribution in [-0.4, -0.2) is 54.8 Å². The van der Waals surface area contributed by atoms with Gasteiger partial charge < -0.3 is 19.4 Å². The molecule has 2 aliphatic heterocycles. The molecule has 0 spiro atoms. The summed E-state index contributed by atoms with van der Waals surface area (Å²) in [6.45, 7) is 11.1. The van der Waals surface area contributed by atoms with Crippen molar-refractivity contribution in [1.29, 1.82) is 0 Å². The highest BCUT2D eigenvalue weighted by atomic mass is 16.5. The Morgan fingerprint density at radius 3 is 3.12 bits per heavy atom. The standard InChI is InChI=1S/C19H28N2O3/c1-4-9-23-13-19-7-5-10-24-17(19)6-8-21(12-19)18(22)16-11-14(2)20-15(16)3/h4,11,17,20H,1,5-10,12-13H2,2-3H3/t17-,19-/m0/s1. The minimum atomic E-state index is -0.0889. The van der Waals surface area contributed by atoms with Crippen molar-refractivity contribution >= 4 is 5.91 Å². The first-order valence-corrected chi connectivity index (χ1v) is 8.81. The lowest BCUT2D eigenvalue weighted by atomic mass is 9.73. The molecule has 1 aromatic rings. The molecule has 0 saturated carbocycles. The lowest BCUT2D eigenvalue weighted by molar-refractivity contribution is -0.144. The third-order valence-electron chi connectivity index (χ3n) is 5.28. The van der Waals surface area contributed by atoms with E-state index in [4.69, 9.17) is 9.47 Å². The number of ether oxygens (including phenoxy) is 2. The third-order valence-corrected chi connectivity index (χ3v) is 5.28. The quantitative estimate of drug-likeness (QED) is 0.666. The average Bonchev–Trinajstić information content (AvgIpc) is 2.92. The van der Waals surface area contributed by atoms with E-state index in [-0.39, 0.29) is 17.4 Å². The van der Waals surface area contributed by atoms with Crippen LogP contribution >= 0.6 is 0 Å². The van der Waals surface area contributed by atoms with Crippen LogP contribution in [0.5, 0.6) is 0 Å². The fraction of sp³-hybridized carbons (Fsp3) is 0.632. The highest BCUT2D eigenvalue weighted by Crippen LogP contribution is 2.41. The molecule has 24 heavy (non-hydrogen) atoms. The molecule has 0 radical (unpaired) electrons. The lowest BCUT2D eigenvalue weighted by Gasteiger charge is -2.50. The van der Waals surface area contributed by atoms with Gasteiger partial charge in [0.05, 0.1) is 24.9 Å².